The van der Waals surface area contributed by atoms with Gasteiger partial charge in [-0.15, -0.1) is 0 Å². The highest BCUT2D eigenvalue weighted by atomic mass is 35.5. The number of H-pyrrole nitrogens is 1. The molecule has 0 fully saturated rings. The molecule has 0 amide bonds. The quantitative estimate of drug-likeness (QED) is 0.217. The first-order valence-electron chi connectivity index (χ1n) is 10.7. The van der Waals surface area contributed by atoms with Crippen LogP contribution in [0, 0.1) is 10.1 Å². The zero-order valence-corrected chi connectivity index (χ0v) is 19.4. The number of carbonyl (C=O) groups is 1. The summed E-state index contributed by atoms with van der Waals surface area (Å²) >= 11 is 7.60. The number of halogens is 1. The summed E-state index contributed by atoms with van der Waals surface area (Å²) in [6.45, 7) is 0. The molecule has 172 valence electrons. The van der Waals surface area contributed by atoms with Crippen LogP contribution in [0.3, 0.4) is 0 Å². The lowest BCUT2D eigenvalue weighted by Gasteiger charge is -2.32. The van der Waals surface area contributed by atoms with E-state index in [0.29, 0.717) is 57.7 Å². The SMILES string of the molecule is O=C1CCCC2=C1[C@H](c1ccc([N+](=O)[O-])cc1)c1c(nc(SCc3ccccc3Cl)[nH]c1=O)N2. The predicted molar refractivity (Wildman–Crippen MR) is 130 cm³/mol. The van der Waals surface area contributed by atoms with Crippen LogP contribution in [0.1, 0.15) is 41.9 Å². The van der Waals surface area contributed by atoms with E-state index in [4.69, 9.17) is 11.6 Å². The van der Waals surface area contributed by atoms with E-state index in [0.717, 1.165) is 11.3 Å². The largest absolute Gasteiger partial charge is 0.343 e. The molecule has 5 rings (SSSR count). The van der Waals surface area contributed by atoms with Crippen LogP contribution in [0.4, 0.5) is 11.5 Å². The van der Waals surface area contributed by atoms with Crippen molar-refractivity contribution in [2.24, 2.45) is 0 Å². The van der Waals surface area contributed by atoms with Gasteiger partial charge in [-0.2, -0.15) is 0 Å². The topological polar surface area (TPSA) is 118 Å². The third-order valence-corrected chi connectivity index (χ3v) is 7.29. The molecule has 0 radical (unpaired) electrons. The van der Waals surface area contributed by atoms with E-state index in [9.17, 15) is 19.7 Å². The summed E-state index contributed by atoms with van der Waals surface area (Å²) in [6, 6.07) is 13.5. The summed E-state index contributed by atoms with van der Waals surface area (Å²) in [4.78, 5) is 44.3. The number of nitro groups is 1. The van der Waals surface area contributed by atoms with Crippen LogP contribution in [0.2, 0.25) is 5.02 Å². The first-order valence-corrected chi connectivity index (χ1v) is 12.1. The third-order valence-electron chi connectivity index (χ3n) is 6.00. The maximum atomic E-state index is 13.3. The molecule has 0 unspecified atom stereocenters. The average molecular weight is 495 g/mol. The second-order valence-corrected chi connectivity index (χ2v) is 9.46. The molecule has 1 atom stereocenters. The van der Waals surface area contributed by atoms with Gasteiger partial charge in [0.1, 0.15) is 5.82 Å². The zero-order valence-electron chi connectivity index (χ0n) is 17.8. The molecule has 34 heavy (non-hydrogen) atoms. The Bertz CT molecular complexity index is 1400. The number of non-ortho nitro benzene ring substituents is 1. The highest BCUT2D eigenvalue weighted by Gasteiger charge is 2.38. The number of aromatic amines is 1. The number of nitrogens with one attached hydrogen (secondary N) is 2. The smallest absolute Gasteiger partial charge is 0.269 e. The lowest BCUT2D eigenvalue weighted by molar-refractivity contribution is -0.384. The third kappa shape index (κ3) is 4.12. The van der Waals surface area contributed by atoms with Crippen molar-refractivity contribution in [3.05, 3.63) is 102 Å². The Morgan fingerprint density at radius 3 is 2.62 bits per heavy atom. The van der Waals surface area contributed by atoms with E-state index in [2.05, 4.69) is 15.3 Å². The van der Waals surface area contributed by atoms with Gasteiger partial charge in [-0.3, -0.25) is 19.7 Å². The van der Waals surface area contributed by atoms with Crippen LogP contribution in [-0.2, 0) is 10.5 Å². The number of nitro benzene ring substituents is 1. The fourth-order valence-electron chi connectivity index (χ4n) is 4.39. The van der Waals surface area contributed by atoms with Gasteiger partial charge < -0.3 is 10.3 Å². The molecule has 2 N–H and O–H groups in total. The molecule has 3 aromatic rings. The molecule has 8 nitrogen and oxygen atoms in total. The van der Waals surface area contributed by atoms with Crippen LogP contribution in [-0.4, -0.2) is 20.7 Å². The van der Waals surface area contributed by atoms with Crippen LogP contribution in [0.25, 0.3) is 0 Å². The zero-order chi connectivity index (χ0) is 23.8. The van der Waals surface area contributed by atoms with Gasteiger partial charge in [0.25, 0.3) is 11.2 Å². The number of Topliss-reactive ketones (excluding diaryl/α,β-unsaturated/α-hetero) is 1. The van der Waals surface area contributed by atoms with Crippen LogP contribution in [0.15, 0.2) is 69.8 Å². The summed E-state index contributed by atoms with van der Waals surface area (Å²) in [5.41, 5.74) is 2.79. The van der Waals surface area contributed by atoms with Crippen molar-refractivity contribution in [2.75, 3.05) is 5.32 Å². The number of thioether (sulfide) groups is 1. The van der Waals surface area contributed by atoms with Crippen LogP contribution in [0.5, 0.6) is 0 Å². The van der Waals surface area contributed by atoms with E-state index < -0.39 is 10.8 Å². The van der Waals surface area contributed by atoms with Crippen LogP contribution >= 0.6 is 23.4 Å². The molecule has 0 bridgehead atoms. The van der Waals surface area contributed by atoms with Crippen molar-refractivity contribution >= 4 is 40.7 Å². The summed E-state index contributed by atoms with van der Waals surface area (Å²) < 4.78 is 0. The fraction of sp³-hybridized carbons (Fsp3) is 0.208. The van der Waals surface area contributed by atoms with Gasteiger partial charge in [0, 0.05) is 46.5 Å². The fourth-order valence-corrected chi connectivity index (χ4v) is 5.54. The Labute approximate surface area is 203 Å². The lowest BCUT2D eigenvalue weighted by atomic mass is 9.76. The minimum Gasteiger partial charge on any atom is -0.343 e. The number of rotatable bonds is 5. The monoisotopic (exact) mass is 494 g/mol. The molecule has 2 aliphatic rings. The first-order chi connectivity index (χ1) is 16.4. The molecule has 0 saturated carbocycles. The molecule has 1 aliphatic heterocycles. The van der Waals surface area contributed by atoms with Crippen molar-refractivity contribution < 1.29 is 9.72 Å². The van der Waals surface area contributed by atoms with E-state index in [1.54, 1.807) is 12.1 Å². The highest BCUT2D eigenvalue weighted by Crippen LogP contribution is 2.43. The van der Waals surface area contributed by atoms with Crippen molar-refractivity contribution in [2.45, 2.75) is 36.1 Å². The van der Waals surface area contributed by atoms with E-state index >= 15 is 0 Å². The molecule has 0 saturated heterocycles. The van der Waals surface area contributed by atoms with Gasteiger partial charge >= 0.3 is 0 Å². The second-order valence-electron chi connectivity index (χ2n) is 8.09. The minimum absolute atomic E-state index is 0.0284. The Hall–Kier alpha value is -3.43. The molecule has 2 aromatic carbocycles. The Morgan fingerprint density at radius 2 is 1.88 bits per heavy atom. The average Bonchev–Trinajstić information content (AvgIpc) is 2.82. The van der Waals surface area contributed by atoms with Gasteiger partial charge in [0.15, 0.2) is 10.9 Å². The van der Waals surface area contributed by atoms with Gasteiger partial charge in [-0.1, -0.05) is 53.7 Å². The molecule has 10 heteroatoms. The second kappa shape index (κ2) is 9.08. The first kappa shape index (κ1) is 22.4. The number of ketones is 1. The lowest BCUT2D eigenvalue weighted by Crippen LogP contribution is -2.32. The van der Waals surface area contributed by atoms with Gasteiger partial charge in [-0.25, -0.2) is 4.98 Å². The molecule has 1 aromatic heterocycles. The van der Waals surface area contributed by atoms with E-state index in [1.807, 2.05) is 24.3 Å². The number of hydrogen-bond donors (Lipinski definition) is 2. The summed E-state index contributed by atoms with van der Waals surface area (Å²) in [6.07, 6.45) is 1.78. The van der Waals surface area contributed by atoms with Crippen molar-refractivity contribution in [1.82, 2.24) is 9.97 Å². The summed E-state index contributed by atoms with van der Waals surface area (Å²) in [5, 5.41) is 15.4. The molecule has 1 aliphatic carbocycles. The number of benzene rings is 2. The molecule has 2 heterocycles. The minimum atomic E-state index is -0.640. The Balaban J connectivity index is 1.56. The normalized spacial score (nSPS) is 17.1. The van der Waals surface area contributed by atoms with Crippen LogP contribution < -0.4 is 10.9 Å². The molecular weight excluding hydrogens is 476 g/mol. The highest BCUT2D eigenvalue weighted by molar-refractivity contribution is 7.98. The number of hydrogen-bond acceptors (Lipinski definition) is 7. The number of fused-ring (bicyclic) bond motifs is 1. The maximum Gasteiger partial charge on any atom is 0.269 e. The summed E-state index contributed by atoms with van der Waals surface area (Å²) in [5.74, 6) is 0.264. The molecular formula is C24H19ClN4O4S. The predicted octanol–water partition coefficient (Wildman–Crippen LogP) is 5.19. The number of nitrogens with zero attached hydrogens (tertiary/aromatic N) is 2. The van der Waals surface area contributed by atoms with Crippen molar-refractivity contribution in [1.29, 1.82) is 0 Å². The Morgan fingerprint density at radius 1 is 1.12 bits per heavy atom. The van der Waals surface area contributed by atoms with E-state index in [-0.39, 0.29) is 17.0 Å². The maximum absolute atomic E-state index is 13.3. The Kier molecular flexibility index (Phi) is 5.97. The standard InChI is InChI=1S/C24H19ClN4O4S/c25-16-5-2-1-4-14(16)12-34-24-27-22-21(23(31)28-24)19(13-8-10-15(11-9-13)29(32)33)20-17(26-22)6-3-7-18(20)30/h1-2,4-5,8-11,19H,3,6-7,12H2,(H2,26,27,28,31)/t19-/m0/s1. The van der Waals surface area contributed by atoms with Gasteiger partial charge in [-0.05, 0) is 30.0 Å². The number of allylic oxidation sites excluding steroid dienone is 2. The van der Waals surface area contributed by atoms with Gasteiger partial charge in [0.2, 0.25) is 0 Å². The number of aromatic nitrogens is 2. The molecule has 0 spiro atoms. The van der Waals surface area contributed by atoms with Crippen molar-refractivity contribution in [3.63, 3.8) is 0 Å². The number of carbonyl (C=O) groups excluding carboxylic acids is 1. The van der Waals surface area contributed by atoms with Gasteiger partial charge in [0.05, 0.1) is 10.5 Å². The summed E-state index contributed by atoms with van der Waals surface area (Å²) in [7, 11) is 0. The van der Waals surface area contributed by atoms with Crippen molar-refractivity contribution in [3.8, 4) is 0 Å². The van der Waals surface area contributed by atoms with E-state index in [1.165, 1.54) is 23.9 Å². The number of anilines is 1.